The number of methoxy groups -OCH3 is 1. The second-order valence-corrected chi connectivity index (χ2v) is 7.32. The van der Waals surface area contributed by atoms with E-state index in [0.29, 0.717) is 29.7 Å². The summed E-state index contributed by atoms with van der Waals surface area (Å²) in [6.07, 6.45) is 0. The quantitative estimate of drug-likeness (QED) is 0.619. The van der Waals surface area contributed by atoms with Crippen LogP contribution in [0, 0.1) is 13.8 Å². The average molecular weight is 411 g/mol. The Bertz CT molecular complexity index is 938. The summed E-state index contributed by atoms with van der Waals surface area (Å²) < 4.78 is 11.5. The minimum atomic E-state index is -0.223. The molecule has 0 N–H and O–H groups in total. The van der Waals surface area contributed by atoms with E-state index >= 15 is 0 Å². The summed E-state index contributed by atoms with van der Waals surface area (Å²) in [4.78, 5) is 21.4. The van der Waals surface area contributed by atoms with Crippen molar-refractivity contribution in [1.82, 2.24) is 15.0 Å². The average Bonchev–Trinajstić information content (AvgIpc) is 3.22. The van der Waals surface area contributed by atoms with Crippen LogP contribution >= 0.6 is 23.7 Å². The van der Waals surface area contributed by atoms with Crippen LogP contribution in [0.3, 0.4) is 0 Å². The minimum absolute atomic E-state index is 0. The van der Waals surface area contributed by atoms with Crippen LogP contribution in [0.15, 0.2) is 22.7 Å². The number of fused-ring (bicyclic) bond motifs is 1. The summed E-state index contributed by atoms with van der Waals surface area (Å²) in [6, 6.07) is 5.54. The summed E-state index contributed by atoms with van der Waals surface area (Å²) in [5.41, 5.74) is 2.15. The van der Waals surface area contributed by atoms with E-state index in [9.17, 15) is 4.79 Å². The lowest BCUT2D eigenvalue weighted by atomic mass is 10.2. The van der Waals surface area contributed by atoms with Crippen molar-refractivity contribution in [2.45, 2.75) is 13.8 Å². The van der Waals surface area contributed by atoms with E-state index in [-0.39, 0.29) is 24.0 Å². The number of anilines is 1. The highest BCUT2D eigenvalue weighted by molar-refractivity contribution is 7.22. The van der Waals surface area contributed by atoms with Gasteiger partial charge in [0.15, 0.2) is 10.8 Å². The summed E-state index contributed by atoms with van der Waals surface area (Å²) in [7, 11) is 5.55. The van der Waals surface area contributed by atoms with Gasteiger partial charge in [-0.25, -0.2) is 4.98 Å². The predicted octanol–water partition coefficient (Wildman–Crippen LogP) is 3.54. The first-order chi connectivity index (χ1) is 12.4. The van der Waals surface area contributed by atoms with Gasteiger partial charge in [-0.1, -0.05) is 22.6 Å². The molecular formula is C18H23ClN4O3S. The van der Waals surface area contributed by atoms with E-state index < -0.39 is 0 Å². The van der Waals surface area contributed by atoms with E-state index in [4.69, 9.17) is 14.2 Å². The number of hydrogen-bond donors (Lipinski definition) is 0. The number of thiazole rings is 1. The van der Waals surface area contributed by atoms with E-state index in [2.05, 4.69) is 5.16 Å². The molecule has 0 fully saturated rings. The molecule has 1 amide bonds. The molecule has 1 aromatic carbocycles. The zero-order chi connectivity index (χ0) is 18.8. The maximum atomic E-state index is 13.0. The van der Waals surface area contributed by atoms with Crippen LogP contribution in [0.25, 0.3) is 10.2 Å². The summed E-state index contributed by atoms with van der Waals surface area (Å²) in [5.74, 6) is 1.08. The maximum absolute atomic E-state index is 13.0. The lowest BCUT2D eigenvalue weighted by Crippen LogP contribution is -2.36. The van der Waals surface area contributed by atoms with Crippen LogP contribution < -0.4 is 9.64 Å². The normalized spacial score (nSPS) is 10.9. The van der Waals surface area contributed by atoms with Gasteiger partial charge in [0.05, 0.1) is 11.8 Å². The fourth-order valence-corrected chi connectivity index (χ4v) is 3.64. The third kappa shape index (κ3) is 4.40. The highest BCUT2D eigenvalue weighted by Gasteiger charge is 2.25. The second kappa shape index (κ2) is 8.69. The van der Waals surface area contributed by atoms with E-state index in [1.165, 1.54) is 11.3 Å². The molecule has 0 spiro atoms. The van der Waals surface area contributed by atoms with Crippen molar-refractivity contribution in [3.05, 3.63) is 35.2 Å². The standard InChI is InChI=1S/C18H22N4O3S.ClH/c1-11-6-7-14(24-5)15-16(11)26-18(19-15)22(9-8-21(3)4)17(23)13-10-12(2)25-20-13;/h6-7,10H,8-9H2,1-5H3;1H. The number of carbonyl (C=O) groups is 1. The number of halogens is 1. The third-order valence-electron chi connectivity index (χ3n) is 4.01. The Kier molecular flexibility index (Phi) is 6.80. The molecule has 0 aliphatic carbocycles. The van der Waals surface area contributed by atoms with Crippen molar-refractivity contribution in [3.8, 4) is 5.75 Å². The number of nitrogens with zero attached hydrogens (tertiary/aromatic N) is 4. The monoisotopic (exact) mass is 410 g/mol. The highest BCUT2D eigenvalue weighted by Crippen LogP contribution is 2.36. The van der Waals surface area contributed by atoms with Gasteiger partial charge in [-0.05, 0) is 39.6 Å². The van der Waals surface area contributed by atoms with Crippen molar-refractivity contribution in [1.29, 1.82) is 0 Å². The number of hydrogen-bond acceptors (Lipinski definition) is 7. The first kappa shape index (κ1) is 21.1. The fourth-order valence-electron chi connectivity index (χ4n) is 2.57. The van der Waals surface area contributed by atoms with Gasteiger partial charge >= 0.3 is 0 Å². The van der Waals surface area contributed by atoms with Gasteiger partial charge in [0, 0.05) is 19.2 Å². The Hall–Kier alpha value is -2.16. The number of ether oxygens (including phenoxy) is 1. The van der Waals surface area contributed by atoms with Crippen molar-refractivity contribution >= 4 is 45.0 Å². The molecule has 2 heterocycles. The Morgan fingerprint density at radius 1 is 1.26 bits per heavy atom. The largest absolute Gasteiger partial charge is 0.494 e. The molecule has 3 rings (SSSR count). The zero-order valence-corrected chi connectivity index (χ0v) is 17.6. The molecule has 0 saturated heterocycles. The van der Waals surface area contributed by atoms with Crippen LogP contribution in [-0.2, 0) is 0 Å². The highest BCUT2D eigenvalue weighted by atomic mass is 35.5. The van der Waals surface area contributed by atoms with Crippen LogP contribution in [0.2, 0.25) is 0 Å². The molecule has 0 saturated carbocycles. The Morgan fingerprint density at radius 2 is 2.00 bits per heavy atom. The molecule has 9 heteroatoms. The van der Waals surface area contributed by atoms with Crippen LogP contribution in [0.1, 0.15) is 21.8 Å². The SMILES string of the molecule is COc1ccc(C)c2sc(N(CCN(C)C)C(=O)c3cc(C)on3)nc12.Cl. The molecule has 0 aliphatic rings. The van der Waals surface area contributed by atoms with Gasteiger partial charge in [-0.15, -0.1) is 12.4 Å². The van der Waals surface area contributed by atoms with Crippen molar-refractivity contribution in [2.24, 2.45) is 0 Å². The summed E-state index contributed by atoms with van der Waals surface area (Å²) in [5, 5.41) is 4.49. The van der Waals surface area contributed by atoms with Gasteiger partial charge in [-0.2, -0.15) is 0 Å². The van der Waals surface area contributed by atoms with Gasteiger partial charge in [0.25, 0.3) is 5.91 Å². The number of amides is 1. The molecule has 2 aromatic heterocycles. The lowest BCUT2D eigenvalue weighted by Gasteiger charge is -2.20. The molecule has 27 heavy (non-hydrogen) atoms. The van der Waals surface area contributed by atoms with Crippen molar-refractivity contribution in [2.75, 3.05) is 39.2 Å². The zero-order valence-electron chi connectivity index (χ0n) is 16.0. The molecule has 0 radical (unpaired) electrons. The van der Waals surface area contributed by atoms with E-state index in [1.807, 2.05) is 38.1 Å². The Labute approximate surface area is 168 Å². The first-order valence-electron chi connectivity index (χ1n) is 8.24. The first-order valence-corrected chi connectivity index (χ1v) is 9.06. The molecule has 0 unspecified atom stereocenters. The Balaban J connectivity index is 0.00000261. The number of carbonyl (C=O) groups excluding carboxylic acids is 1. The number of rotatable bonds is 6. The number of aryl methyl sites for hydroxylation is 2. The smallest absolute Gasteiger partial charge is 0.282 e. The maximum Gasteiger partial charge on any atom is 0.282 e. The van der Waals surface area contributed by atoms with Crippen LogP contribution in [-0.4, -0.2) is 55.2 Å². The predicted molar refractivity (Wildman–Crippen MR) is 110 cm³/mol. The van der Waals surface area contributed by atoms with Crippen LogP contribution in [0.4, 0.5) is 5.13 Å². The second-order valence-electron chi connectivity index (χ2n) is 6.34. The molecule has 7 nitrogen and oxygen atoms in total. The lowest BCUT2D eigenvalue weighted by molar-refractivity contribution is 0.0976. The summed E-state index contributed by atoms with van der Waals surface area (Å²) in [6.45, 7) is 4.99. The molecule has 0 atom stereocenters. The van der Waals surface area contributed by atoms with Crippen LogP contribution in [0.5, 0.6) is 5.75 Å². The molecular weight excluding hydrogens is 388 g/mol. The van der Waals surface area contributed by atoms with Crippen molar-refractivity contribution < 1.29 is 14.1 Å². The van der Waals surface area contributed by atoms with Crippen molar-refractivity contribution in [3.63, 3.8) is 0 Å². The molecule has 3 aromatic rings. The summed E-state index contributed by atoms with van der Waals surface area (Å²) >= 11 is 1.48. The van der Waals surface area contributed by atoms with Gasteiger partial charge < -0.3 is 14.2 Å². The molecule has 0 aliphatic heterocycles. The van der Waals surface area contributed by atoms with Gasteiger partial charge in [0.1, 0.15) is 17.0 Å². The number of benzene rings is 1. The third-order valence-corrected chi connectivity index (χ3v) is 5.22. The van der Waals surface area contributed by atoms with E-state index in [1.54, 1.807) is 25.0 Å². The number of likely N-dealkylation sites (N-methyl/N-ethyl adjacent to an activating group) is 1. The number of aromatic nitrogens is 2. The topological polar surface area (TPSA) is 71.7 Å². The molecule has 0 bridgehead atoms. The van der Waals surface area contributed by atoms with Gasteiger partial charge in [-0.3, -0.25) is 9.69 Å². The Morgan fingerprint density at radius 3 is 2.59 bits per heavy atom. The molecule has 146 valence electrons. The fraction of sp³-hybridized carbons (Fsp3) is 0.389. The minimum Gasteiger partial charge on any atom is -0.494 e. The van der Waals surface area contributed by atoms with E-state index in [0.717, 1.165) is 15.8 Å². The van der Waals surface area contributed by atoms with Gasteiger partial charge in [0.2, 0.25) is 0 Å².